The van der Waals surface area contributed by atoms with Crippen LogP contribution in [0.3, 0.4) is 0 Å². The summed E-state index contributed by atoms with van der Waals surface area (Å²) in [6.45, 7) is 0. The molecule has 2 aromatic rings. The molecule has 2 bridgehead atoms. The van der Waals surface area contributed by atoms with Crippen molar-refractivity contribution in [1.29, 1.82) is 0 Å². The van der Waals surface area contributed by atoms with Gasteiger partial charge in [-0.1, -0.05) is 12.1 Å². The lowest BCUT2D eigenvalue weighted by Crippen LogP contribution is -2.43. The molecule has 2 atom stereocenters. The third kappa shape index (κ3) is 2.16. The van der Waals surface area contributed by atoms with E-state index in [0.29, 0.717) is 18.1 Å². The molecular formula is C15H18N4. The number of piperidine rings is 1. The number of aromatic nitrogens is 2. The lowest BCUT2D eigenvalue weighted by atomic mass is 10.00. The van der Waals surface area contributed by atoms with E-state index in [9.17, 15) is 0 Å². The first kappa shape index (κ1) is 11.2. The molecular weight excluding hydrogens is 236 g/mol. The highest BCUT2D eigenvalue weighted by Gasteiger charge is 2.33. The molecule has 0 spiro atoms. The molecule has 2 N–H and O–H groups in total. The van der Waals surface area contributed by atoms with Crippen molar-refractivity contribution < 1.29 is 0 Å². The number of nitrogens with one attached hydrogen (secondary N) is 2. The van der Waals surface area contributed by atoms with Gasteiger partial charge < -0.3 is 10.6 Å². The van der Waals surface area contributed by atoms with Crippen molar-refractivity contribution in [3.8, 4) is 0 Å². The Hall–Kier alpha value is -1.68. The van der Waals surface area contributed by atoms with Gasteiger partial charge in [0.2, 0.25) is 0 Å². The molecule has 3 heterocycles. The number of fused-ring (bicyclic) bond motifs is 3. The molecule has 2 aliphatic heterocycles. The first-order valence-corrected chi connectivity index (χ1v) is 7.11. The molecule has 19 heavy (non-hydrogen) atoms. The van der Waals surface area contributed by atoms with E-state index in [1.54, 1.807) is 0 Å². The fraction of sp³-hybridized carbons (Fsp3) is 0.467. The van der Waals surface area contributed by atoms with Gasteiger partial charge in [-0.15, -0.1) is 0 Å². The number of anilines is 1. The van der Waals surface area contributed by atoms with Gasteiger partial charge >= 0.3 is 0 Å². The summed E-state index contributed by atoms with van der Waals surface area (Å²) in [6.07, 6.45) is 6.90. The minimum Gasteiger partial charge on any atom is -0.366 e. The van der Waals surface area contributed by atoms with Gasteiger partial charge in [0.25, 0.3) is 0 Å². The number of hydrogen-bond acceptors (Lipinski definition) is 4. The molecule has 1 aromatic heterocycles. The Balaban J connectivity index is 1.54. The molecule has 0 radical (unpaired) electrons. The number of benzene rings is 1. The minimum absolute atomic E-state index is 0.536. The van der Waals surface area contributed by atoms with Crippen LogP contribution in [-0.2, 0) is 0 Å². The van der Waals surface area contributed by atoms with E-state index < -0.39 is 0 Å². The first-order chi connectivity index (χ1) is 9.37. The Kier molecular flexibility index (Phi) is 2.62. The molecule has 2 saturated heterocycles. The van der Waals surface area contributed by atoms with E-state index in [0.717, 1.165) is 16.9 Å². The molecule has 0 saturated carbocycles. The lowest BCUT2D eigenvalue weighted by molar-refractivity contribution is 0.377. The predicted octanol–water partition coefficient (Wildman–Crippen LogP) is 2.32. The molecule has 4 heteroatoms. The third-order valence-electron chi connectivity index (χ3n) is 4.27. The van der Waals surface area contributed by atoms with Gasteiger partial charge in [0.15, 0.2) is 0 Å². The van der Waals surface area contributed by atoms with Crippen LogP contribution in [0.15, 0.2) is 30.5 Å². The topological polar surface area (TPSA) is 49.8 Å². The normalized spacial score (nSPS) is 29.6. The summed E-state index contributed by atoms with van der Waals surface area (Å²) in [4.78, 5) is 9.11. The standard InChI is InChI=1S/C15H18N4/c1-2-4-14-13(3-1)16-9-15(19-14)18-12-7-10-5-6-11(8-12)17-10/h1-4,9-12,17H,5-8H2,(H,18,19). The maximum Gasteiger partial charge on any atom is 0.145 e. The van der Waals surface area contributed by atoms with Crippen molar-refractivity contribution in [3.05, 3.63) is 30.5 Å². The number of para-hydroxylation sites is 2. The van der Waals surface area contributed by atoms with Crippen LogP contribution in [0, 0.1) is 0 Å². The Morgan fingerprint density at radius 1 is 1.05 bits per heavy atom. The Bertz CT molecular complexity index is 585. The molecule has 4 nitrogen and oxygen atoms in total. The molecule has 1 aromatic carbocycles. The van der Waals surface area contributed by atoms with Crippen molar-refractivity contribution in [2.75, 3.05) is 5.32 Å². The maximum absolute atomic E-state index is 4.65. The minimum atomic E-state index is 0.536. The van der Waals surface area contributed by atoms with Crippen LogP contribution in [0.5, 0.6) is 0 Å². The fourth-order valence-corrected chi connectivity index (χ4v) is 3.41. The van der Waals surface area contributed by atoms with Crippen LogP contribution in [0.25, 0.3) is 11.0 Å². The van der Waals surface area contributed by atoms with E-state index >= 15 is 0 Å². The SMILES string of the molecule is c1ccc2nc(NC3CC4CCC(C3)N4)cnc2c1. The van der Waals surface area contributed by atoms with E-state index in [1.807, 2.05) is 30.5 Å². The van der Waals surface area contributed by atoms with Gasteiger partial charge in [-0.05, 0) is 37.8 Å². The summed E-state index contributed by atoms with van der Waals surface area (Å²) in [7, 11) is 0. The Labute approximate surface area is 112 Å². The zero-order valence-electron chi connectivity index (χ0n) is 10.8. The predicted molar refractivity (Wildman–Crippen MR) is 76.1 cm³/mol. The largest absolute Gasteiger partial charge is 0.366 e. The average Bonchev–Trinajstić information content (AvgIpc) is 2.78. The van der Waals surface area contributed by atoms with Crippen molar-refractivity contribution in [1.82, 2.24) is 15.3 Å². The van der Waals surface area contributed by atoms with Gasteiger partial charge in [0.1, 0.15) is 5.82 Å². The monoisotopic (exact) mass is 254 g/mol. The average molecular weight is 254 g/mol. The zero-order valence-corrected chi connectivity index (χ0v) is 10.8. The first-order valence-electron chi connectivity index (χ1n) is 7.11. The van der Waals surface area contributed by atoms with Gasteiger partial charge in [-0.2, -0.15) is 0 Å². The van der Waals surface area contributed by atoms with E-state index in [-0.39, 0.29) is 0 Å². The highest BCUT2D eigenvalue weighted by atomic mass is 15.1. The van der Waals surface area contributed by atoms with Crippen molar-refractivity contribution >= 4 is 16.9 Å². The van der Waals surface area contributed by atoms with Gasteiger partial charge in [-0.3, -0.25) is 4.98 Å². The van der Waals surface area contributed by atoms with Crippen LogP contribution in [0.1, 0.15) is 25.7 Å². The summed E-state index contributed by atoms with van der Waals surface area (Å²) >= 11 is 0. The summed E-state index contributed by atoms with van der Waals surface area (Å²) in [5, 5.41) is 7.22. The van der Waals surface area contributed by atoms with Crippen LogP contribution < -0.4 is 10.6 Å². The molecule has 2 unspecified atom stereocenters. The molecule has 98 valence electrons. The lowest BCUT2D eigenvalue weighted by Gasteiger charge is -2.29. The van der Waals surface area contributed by atoms with E-state index in [1.165, 1.54) is 25.7 Å². The molecule has 4 rings (SSSR count). The summed E-state index contributed by atoms with van der Waals surface area (Å²) in [5.74, 6) is 0.907. The quantitative estimate of drug-likeness (QED) is 0.863. The highest BCUT2D eigenvalue weighted by molar-refractivity contribution is 5.75. The Morgan fingerprint density at radius 3 is 2.58 bits per heavy atom. The van der Waals surface area contributed by atoms with Crippen molar-refractivity contribution in [3.63, 3.8) is 0 Å². The summed E-state index contributed by atoms with van der Waals surface area (Å²) in [5.41, 5.74) is 1.92. The second-order valence-electron chi connectivity index (χ2n) is 5.69. The molecule has 0 aliphatic carbocycles. The second-order valence-corrected chi connectivity index (χ2v) is 5.69. The van der Waals surface area contributed by atoms with Crippen LogP contribution in [-0.4, -0.2) is 28.1 Å². The second kappa shape index (κ2) is 4.46. The summed E-state index contributed by atoms with van der Waals surface area (Å²) < 4.78 is 0. The van der Waals surface area contributed by atoms with Crippen LogP contribution >= 0.6 is 0 Å². The molecule has 0 amide bonds. The Morgan fingerprint density at radius 2 is 1.79 bits per heavy atom. The third-order valence-corrected chi connectivity index (χ3v) is 4.27. The van der Waals surface area contributed by atoms with Crippen LogP contribution in [0.2, 0.25) is 0 Å². The summed E-state index contributed by atoms with van der Waals surface area (Å²) in [6, 6.07) is 9.94. The fourth-order valence-electron chi connectivity index (χ4n) is 3.41. The van der Waals surface area contributed by atoms with Crippen molar-refractivity contribution in [2.24, 2.45) is 0 Å². The molecule has 2 aliphatic rings. The smallest absolute Gasteiger partial charge is 0.145 e. The number of nitrogens with zero attached hydrogens (tertiary/aromatic N) is 2. The number of rotatable bonds is 2. The number of hydrogen-bond donors (Lipinski definition) is 2. The van der Waals surface area contributed by atoms with Crippen molar-refractivity contribution in [2.45, 2.75) is 43.8 Å². The van der Waals surface area contributed by atoms with Gasteiger partial charge in [0, 0.05) is 18.1 Å². The maximum atomic E-state index is 4.65. The van der Waals surface area contributed by atoms with Gasteiger partial charge in [0.05, 0.1) is 17.2 Å². The zero-order chi connectivity index (χ0) is 12.7. The highest BCUT2D eigenvalue weighted by Crippen LogP contribution is 2.28. The van der Waals surface area contributed by atoms with Crippen LogP contribution in [0.4, 0.5) is 5.82 Å². The van der Waals surface area contributed by atoms with Gasteiger partial charge in [-0.25, -0.2) is 4.98 Å². The van der Waals surface area contributed by atoms with E-state index in [2.05, 4.69) is 20.6 Å². The molecule has 2 fully saturated rings. The van der Waals surface area contributed by atoms with E-state index in [4.69, 9.17) is 0 Å².